The van der Waals surface area contributed by atoms with Gasteiger partial charge in [0, 0.05) is 17.7 Å². The van der Waals surface area contributed by atoms with Crippen molar-refractivity contribution in [1.29, 1.82) is 0 Å². The van der Waals surface area contributed by atoms with Crippen molar-refractivity contribution in [2.45, 2.75) is 0 Å². The Labute approximate surface area is 123 Å². The monoisotopic (exact) mass is 304 g/mol. The fourth-order valence-electron chi connectivity index (χ4n) is 2.13. The van der Waals surface area contributed by atoms with E-state index in [9.17, 15) is 20.1 Å². The molecule has 0 atom stereocenters. The van der Waals surface area contributed by atoms with Crippen molar-refractivity contribution in [2.24, 2.45) is 0 Å². The van der Waals surface area contributed by atoms with Crippen LogP contribution >= 0.6 is 11.6 Å². The molecule has 0 saturated carbocycles. The first kappa shape index (κ1) is 13.3. The maximum atomic E-state index is 12.5. The van der Waals surface area contributed by atoms with Crippen molar-refractivity contribution in [2.75, 3.05) is 0 Å². The molecule has 0 spiro atoms. The van der Waals surface area contributed by atoms with Gasteiger partial charge in [-0.1, -0.05) is 11.6 Å². The number of benzene rings is 2. The van der Waals surface area contributed by atoms with Gasteiger partial charge in [-0.2, -0.15) is 0 Å². The zero-order valence-corrected chi connectivity index (χ0v) is 11.3. The van der Waals surface area contributed by atoms with Crippen LogP contribution in [0.15, 0.2) is 45.8 Å². The second kappa shape index (κ2) is 4.71. The fourth-order valence-corrected chi connectivity index (χ4v) is 2.40. The van der Waals surface area contributed by atoms with E-state index in [4.69, 9.17) is 16.0 Å². The lowest BCUT2D eigenvalue weighted by Gasteiger charge is -2.06. The summed E-state index contributed by atoms with van der Waals surface area (Å²) in [5, 5.41) is 28.7. The molecule has 0 saturated heterocycles. The summed E-state index contributed by atoms with van der Waals surface area (Å²) in [7, 11) is 0. The number of aromatic hydroxyl groups is 3. The first-order valence-electron chi connectivity index (χ1n) is 5.94. The van der Waals surface area contributed by atoms with Crippen LogP contribution in [0.3, 0.4) is 0 Å². The van der Waals surface area contributed by atoms with Gasteiger partial charge in [-0.15, -0.1) is 0 Å². The first-order valence-corrected chi connectivity index (χ1v) is 6.31. The van der Waals surface area contributed by atoms with Crippen LogP contribution in [0.1, 0.15) is 0 Å². The van der Waals surface area contributed by atoms with E-state index in [0.29, 0.717) is 5.56 Å². The SMILES string of the molecule is O=c1c(-c2ccc(O)cc2Cl)coc2cc(O)cc(O)c12. The van der Waals surface area contributed by atoms with Crippen LogP contribution in [0.5, 0.6) is 17.2 Å². The van der Waals surface area contributed by atoms with Crippen molar-refractivity contribution in [3.8, 4) is 28.4 Å². The summed E-state index contributed by atoms with van der Waals surface area (Å²) in [5.41, 5.74) is 0.101. The van der Waals surface area contributed by atoms with E-state index in [1.54, 1.807) is 0 Å². The number of rotatable bonds is 1. The molecule has 3 rings (SSSR count). The minimum atomic E-state index is -0.485. The second-order valence-corrected chi connectivity index (χ2v) is 4.89. The van der Waals surface area contributed by atoms with Crippen LogP contribution in [0, 0.1) is 0 Å². The molecule has 3 N–H and O–H groups in total. The molecule has 0 aliphatic carbocycles. The number of fused-ring (bicyclic) bond motifs is 1. The lowest BCUT2D eigenvalue weighted by atomic mass is 10.0. The summed E-state index contributed by atoms with van der Waals surface area (Å²) < 4.78 is 5.28. The lowest BCUT2D eigenvalue weighted by Crippen LogP contribution is -2.05. The Balaban J connectivity index is 2.35. The Bertz CT molecular complexity index is 914. The van der Waals surface area contributed by atoms with Gasteiger partial charge in [0.1, 0.15) is 34.5 Å². The molecule has 2 aromatic carbocycles. The average molecular weight is 305 g/mol. The Morgan fingerprint density at radius 1 is 0.952 bits per heavy atom. The maximum absolute atomic E-state index is 12.5. The third kappa shape index (κ3) is 2.17. The summed E-state index contributed by atoms with van der Waals surface area (Å²) in [4.78, 5) is 12.5. The highest BCUT2D eigenvalue weighted by atomic mass is 35.5. The van der Waals surface area contributed by atoms with Gasteiger partial charge < -0.3 is 19.7 Å². The van der Waals surface area contributed by atoms with Gasteiger partial charge in [0.15, 0.2) is 0 Å². The molecule has 1 aromatic heterocycles. The predicted octanol–water partition coefficient (Wildman–Crippen LogP) is 3.23. The molecule has 0 bridgehead atoms. The zero-order valence-electron chi connectivity index (χ0n) is 10.5. The molecule has 0 unspecified atom stereocenters. The van der Waals surface area contributed by atoms with E-state index in [0.717, 1.165) is 6.07 Å². The highest BCUT2D eigenvalue weighted by Gasteiger charge is 2.15. The van der Waals surface area contributed by atoms with Crippen LogP contribution in [-0.4, -0.2) is 15.3 Å². The first-order chi connectivity index (χ1) is 9.97. The zero-order chi connectivity index (χ0) is 15.1. The largest absolute Gasteiger partial charge is 0.508 e. The molecule has 21 heavy (non-hydrogen) atoms. The Hall–Kier alpha value is -2.66. The average Bonchev–Trinajstić information content (AvgIpc) is 2.39. The quantitative estimate of drug-likeness (QED) is 0.642. The standard InChI is InChI=1S/C15H9ClO5/c16-11-3-7(17)1-2-9(11)10-6-21-13-5-8(18)4-12(19)14(13)15(10)20/h1-6,17-19H. The Morgan fingerprint density at radius 3 is 2.43 bits per heavy atom. The normalized spacial score (nSPS) is 10.9. The van der Waals surface area contributed by atoms with Crippen LogP contribution < -0.4 is 5.43 Å². The molecule has 6 heteroatoms. The smallest absolute Gasteiger partial charge is 0.204 e. The third-order valence-electron chi connectivity index (χ3n) is 3.08. The molecule has 0 fully saturated rings. The van der Waals surface area contributed by atoms with E-state index in [1.165, 1.54) is 30.5 Å². The minimum absolute atomic E-state index is 0.0262. The number of phenols is 3. The molecule has 0 aliphatic heterocycles. The molecular weight excluding hydrogens is 296 g/mol. The molecular formula is C15H9ClO5. The highest BCUT2D eigenvalue weighted by molar-refractivity contribution is 6.33. The minimum Gasteiger partial charge on any atom is -0.508 e. The molecule has 5 nitrogen and oxygen atoms in total. The third-order valence-corrected chi connectivity index (χ3v) is 3.40. The topological polar surface area (TPSA) is 90.9 Å². The van der Waals surface area contributed by atoms with Crippen LogP contribution in [0.25, 0.3) is 22.1 Å². The Morgan fingerprint density at radius 2 is 1.71 bits per heavy atom. The summed E-state index contributed by atoms with van der Waals surface area (Å²) in [6.45, 7) is 0. The maximum Gasteiger partial charge on any atom is 0.204 e. The van der Waals surface area contributed by atoms with Gasteiger partial charge in [0.05, 0.1) is 10.6 Å². The van der Waals surface area contributed by atoms with Gasteiger partial charge in [-0.25, -0.2) is 0 Å². The van der Waals surface area contributed by atoms with Crippen molar-refractivity contribution in [1.82, 2.24) is 0 Å². The lowest BCUT2D eigenvalue weighted by molar-refractivity contribution is 0.452. The van der Waals surface area contributed by atoms with Crippen LogP contribution in [-0.2, 0) is 0 Å². The van der Waals surface area contributed by atoms with Crippen LogP contribution in [0.4, 0.5) is 0 Å². The Kier molecular flexibility index (Phi) is 2.99. The molecule has 0 amide bonds. The summed E-state index contributed by atoms with van der Waals surface area (Å²) in [6.07, 6.45) is 1.20. The second-order valence-electron chi connectivity index (χ2n) is 4.48. The van der Waals surface area contributed by atoms with Crippen molar-refractivity contribution in [3.63, 3.8) is 0 Å². The summed E-state index contributed by atoms with van der Waals surface area (Å²) in [5.74, 6) is -0.615. The van der Waals surface area contributed by atoms with Crippen molar-refractivity contribution < 1.29 is 19.7 Å². The van der Waals surface area contributed by atoms with E-state index in [-0.39, 0.29) is 38.8 Å². The highest BCUT2D eigenvalue weighted by Crippen LogP contribution is 2.33. The van der Waals surface area contributed by atoms with E-state index in [2.05, 4.69) is 0 Å². The molecule has 0 aliphatic rings. The van der Waals surface area contributed by atoms with Gasteiger partial charge in [0.2, 0.25) is 5.43 Å². The van der Waals surface area contributed by atoms with Crippen molar-refractivity contribution >= 4 is 22.6 Å². The van der Waals surface area contributed by atoms with Gasteiger partial charge in [0.25, 0.3) is 0 Å². The number of hydrogen-bond acceptors (Lipinski definition) is 5. The van der Waals surface area contributed by atoms with E-state index in [1.807, 2.05) is 0 Å². The fraction of sp³-hybridized carbons (Fsp3) is 0. The van der Waals surface area contributed by atoms with Gasteiger partial charge >= 0.3 is 0 Å². The van der Waals surface area contributed by atoms with E-state index >= 15 is 0 Å². The molecule has 1 heterocycles. The molecule has 3 aromatic rings. The number of phenolic OH excluding ortho intramolecular Hbond substituents is 3. The molecule has 0 radical (unpaired) electrons. The number of halogens is 1. The number of hydrogen-bond donors (Lipinski definition) is 3. The van der Waals surface area contributed by atoms with Crippen molar-refractivity contribution in [3.05, 3.63) is 51.8 Å². The summed E-state index contributed by atoms with van der Waals surface area (Å²) in [6, 6.07) is 6.46. The summed E-state index contributed by atoms with van der Waals surface area (Å²) >= 11 is 6.01. The van der Waals surface area contributed by atoms with Crippen LogP contribution in [0.2, 0.25) is 5.02 Å². The van der Waals surface area contributed by atoms with E-state index < -0.39 is 5.43 Å². The molecule has 106 valence electrons. The predicted molar refractivity (Wildman–Crippen MR) is 77.9 cm³/mol. The van der Waals surface area contributed by atoms with Gasteiger partial charge in [-0.05, 0) is 18.2 Å². The van der Waals surface area contributed by atoms with Gasteiger partial charge in [-0.3, -0.25) is 4.79 Å².